The van der Waals surface area contributed by atoms with E-state index in [1.807, 2.05) is 13.8 Å². The third-order valence-electron chi connectivity index (χ3n) is 3.13. The average molecular weight is 201 g/mol. The van der Waals surface area contributed by atoms with Gasteiger partial charge in [0.25, 0.3) is 0 Å². The zero-order chi connectivity index (χ0) is 10.6. The van der Waals surface area contributed by atoms with Gasteiger partial charge in [0.15, 0.2) is 0 Å². The molecular weight excluding hydrogens is 178 g/mol. The first kappa shape index (κ1) is 12.0. The fourth-order valence-corrected chi connectivity index (χ4v) is 1.82. The molecular formula is C11H23NO2. The molecule has 0 bridgehead atoms. The summed E-state index contributed by atoms with van der Waals surface area (Å²) in [6.07, 6.45) is 1.90. The third-order valence-corrected chi connectivity index (χ3v) is 3.13. The zero-order valence-electron chi connectivity index (χ0n) is 9.62. The fraction of sp³-hybridized carbons (Fsp3) is 1.00. The van der Waals surface area contributed by atoms with Crippen molar-refractivity contribution in [3.8, 4) is 0 Å². The van der Waals surface area contributed by atoms with E-state index < -0.39 is 5.60 Å². The number of ether oxygens (including phenoxy) is 1. The summed E-state index contributed by atoms with van der Waals surface area (Å²) < 4.78 is 5.43. The number of hydrogen-bond acceptors (Lipinski definition) is 3. The van der Waals surface area contributed by atoms with Crippen LogP contribution in [0.25, 0.3) is 0 Å². The Hall–Kier alpha value is -0.120. The molecule has 1 rings (SSSR count). The van der Waals surface area contributed by atoms with Crippen LogP contribution in [0.15, 0.2) is 0 Å². The first-order chi connectivity index (χ1) is 6.59. The maximum absolute atomic E-state index is 10.0. The van der Waals surface area contributed by atoms with Crippen LogP contribution >= 0.6 is 0 Å². The molecule has 2 unspecified atom stereocenters. The van der Waals surface area contributed by atoms with E-state index in [0.29, 0.717) is 6.04 Å². The summed E-state index contributed by atoms with van der Waals surface area (Å²) in [7, 11) is 0. The molecule has 14 heavy (non-hydrogen) atoms. The summed E-state index contributed by atoms with van der Waals surface area (Å²) in [5.41, 5.74) is -0.551. The van der Waals surface area contributed by atoms with E-state index in [9.17, 15) is 5.11 Å². The topological polar surface area (TPSA) is 32.7 Å². The van der Waals surface area contributed by atoms with E-state index in [1.165, 1.54) is 0 Å². The second-order valence-corrected chi connectivity index (χ2v) is 4.46. The molecule has 0 aromatic rings. The van der Waals surface area contributed by atoms with Gasteiger partial charge in [-0.2, -0.15) is 0 Å². The van der Waals surface area contributed by atoms with Crippen LogP contribution in [0, 0.1) is 0 Å². The first-order valence-corrected chi connectivity index (χ1v) is 5.63. The van der Waals surface area contributed by atoms with E-state index >= 15 is 0 Å². The molecule has 0 aromatic heterocycles. The minimum Gasteiger partial charge on any atom is -0.389 e. The highest BCUT2D eigenvalue weighted by Gasteiger charge is 2.28. The average Bonchev–Trinajstić information content (AvgIpc) is 2.18. The molecule has 1 heterocycles. The molecule has 0 aliphatic carbocycles. The Kier molecular flexibility index (Phi) is 4.35. The van der Waals surface area contributed by atoms with Gasteiger partial charge in [0, 0.05) is 19.1 Å². The standard InChI is InChI=1S/C11H23NO2/c1-4-10-8-14-7-6-12(10)9-11(3,13)5-2/h10,13H,4-9H2,1-3H3. The highest BCUT2D eigenvalue weighted by Crippen LogP contribution is 2.16. The lowest BCUT2D eigenvalue weighted by Gasteiger charge is -2.39. The summed E-state index contributed by atoms with van der Waals surface area (Å²) in [4.78, 5) is 2.35. The molecule has 0 saturated carbocycles. The van der Waals surface area contributed by atoms with Gasteiger partial charge < -0.3 is 9.84 Å². The number of rotatable bonds is 4. The van der Waals surface area contributed by atoms with Gasteiger partial charge in [-0.05, 0) is 19.8 Å². The van der Waals surface area contributed by atoms with Crippen molar-refractivity contribution >= 4 is 0 Å². The Balaban J connectivity index is 2.48. The van der Waals surface area contributed by atoms with Crippen LogP contribution in [0.1, 0.15) is 33.6 Å². The van der Waals surface area contributed by atoms with Crippen LogP contribution in [0.3, 0.4) is 0 Å². The van der Waals surface area contributed by atoms with Crippen molar-refractivity contribution in [1.29, 1.82) is 0 Å². The Labute approximate surface area is 87.1 Å². The summed E-state index contributed by atoms with van der Waals surface area (Å²) in [6.45, 7) is 9.45. The molecule has 3 heteroatoms. The Bertz CT molecular complexity index is 171. The maximum atomic E-state index is 10.0. The molecule has 2 atom stereocenters. The predicted molar refractivity (Wildman–Crippen MR) is 57.4 cm³/mol. The fourth-order valence-electron chi connectivity index (χ4n) is 1.82. The summed E-state index contributed by atoms with van der Waals surface area (Å²) in [6, 6.07) is 0.488. The molecule has 0 spiro atoms. The smallest absolute Gasteiger partial charge is 0.0743 e. The molecule has 1 saturated heterocycles. The number of hydrogen-bond donors (Lipinski definition) is 1. The van der Waals surface area contributed by atoms with Crippen LogP contribution in [-0.4, -0.2) is 48.0 Å². The van der Waals surface area contributed by atoms with Gasteiger partial charge >= 0.3 is 0 Å². The molecule has 3 nitrogen and oxygen atoms in total. The third kappa shape index (κ3) is 3.23. The van der Waals surface area contributed by atoms with E-state index in [2.05, 4.69) is 11.8 Å². The Morgan fingerprint density at radius 2 is 2.21 bits per heavy atom. The number of morpholine rings is 1. The van der Waals surface area contributed by atoms with Crippen LogP contribution in [0.2, 0.25) is 0 Å². The van der Waals surface area contributed by atoms with Gasteiger partial charge in [0.1, 0.15) is 0 Å². The van der Waals surface area contributed by atoms with E-state index in [-0.39, 0.29) is 0 Å². The number of aliphatic hydroxyl groups is 1. The van der Waals surface area contributed by atoms with Crippen LogP contribution < -0.4 is 0 Å². The van der Waals surface area contributed by atoms with E-state index in [1.54, 1.807) is 0 Å². The second kappa shape index (κ2) is 5.10. The minimum absolute atomic E-state index is 0.488. The summed E-state index contributed by atoms with van der Waals surface area (Å²) in [5.74, 6) is 0. The first-order valence-electron chi connectivity index (χ1n) is 5.63. The number of β-amino-alcohol motifs (C(OH)–C–C–N with tert-alkyl or cyclic N) is 1. The van der Waals surface area contributed by atoms with Gasteiger partial charge in [-0.15, -0.1) is 0 Å². The van der Waals surface area contributed by atoms with Crippen molar-refractivity contribution in [2.24, 2.45) is 0 Å². The SMILES string of the molecule is CCC1COCCN1CC(C)(O)CC. The molecule has 1 aliphatic heterocycles. The van der Waals surface area contributed by atoms with Crippen LogP contribution in [-0.2, 0) is 4.74 Å². The van der Waals surface area contributed by atoms with Crippen molar-refractivity contribution in [2.75, 3.05) is 26.3 Å². The van der Waals surface area contributed by atoms with Crippen molar-refractivity contribution < 1.29 is 9.84 Å². The van der Waals surface area contributed by atoms with Gasteiger partial charge in [-0.25, -0.2) is 0 Å². The lowest BCUT2D eigenvalue weighted by Crippen LogP contribution is -2.51. The summed E-state index contributed by atoms with van der Waals surface area (Å²) >= 11 is 0. The van der Waals surface area contributed by atoms with Gasteiger partial charge in [-0.3, -0.25) is 4.90 Å². The minimum atomic E-state index is -0.551. The zero-order valence-corrected chi connectivity index (χ0v) is 9.62. The van der Waals surface area contributed by atoms with Crippen LogP contribution in [0.5, 0.6) is 0 Å². The Morgan fingerprint density at radius 3 is 2.79 bits per heavy atom. The quantitative estimate of drug-likeness (QED) is 0.743. The molecule has 0 amide bonds. The molecule has 84 valence electrons. The van der Waals surface area contributed by atoms with E-state index in [4.69, 9.17) is 4.74 Å². The Morgan fingerprint density at radius 1 is 1.50 bits per heavy atom. The lowest BCUT2D eigenvalue weighted by molar-refractivity contribution is -0.0551. The van der Waals surface area contributed by atoms with E-state index in [0.717, 1.165) is 39.1 Å². The second-order valence-electron chi connectivity index (χ2n) is 4.46. The summed E-state index contributed by atoms with van der Waals surface area (Å²) in [5, 5.41) is 10.0. The van der Waals surface area contributed by atoms with Crippen molar-refractivity contribution in [3.05, 3.63) is 0 Å². The van der Waals surface area contributed by atoms with Crippen molar-refractivity contribution in [2.45, 2.75) is 45.3 Å². The van der Waals surface area contributed by atoms with Crippen molar-refractivity contribution in [1.82, 2.24) is 4.90 Å². The molecule has 1 fully saturated rings. The maximum Gasteiger partial charge on any atom is 0.0743 e. The molecule has 1 aliphatic rings. The van der Waals surface area contributed by atoms with Crippen LogP contribution in [0.4, 0.5) is 0 Å². The normalized spacial score (nSPS) is 28.7. The van der Waals surface area contributed by atoms with Gasteiger partial charge in [0.05, 0.1) is 18.8 Å². The van der Waals surface area contributed by atoms with Crippen molar-refractivity contribution in [3.63, 3.8) is 0 Å². The van der Waals surface area contributed by atoms with Gasteiger partial charge in [-0.1, -0.05) is 13.8 Å². The molecule has 1 N–H and O–H groups in total. The molecule has 0 radical (unpaired) electrons. The number of nitrogens with zero attached hydrogens (tertiary/aromatic N) is 1. The lowest BCUT2D eigenvalue weighted by atomic mass is 10.0. The predicted octanol–water partition coefficient (Wildman–Crippen LogP) is 1.26. The highest BCUT2D eigenvalue weighted by atomic mass is 16.5. The highest BCUT2D eigenvalue weighted by molar-refractivity contribution is 4.81. The van der Waals surface area contributed by atoms with Gasteiger partial charge in [0.2, 0.25) is 0 Å². The monoisotopic (exact) mass is 201 g/mol. The largest absolute Gasteiger partial charge is 0.389 e. The molecule has 0 aromatic carbocycles.